The molecule has 4 nitrogen and oxygen atoms in total. The highest BCUT2D eigenvalue weighted by atomic mass is 19.1. The van der Waals surface area contributed by atoms with E-state index in [1.807, 2.05) is 0 Å². The van der Waals surface area contributed by atoms with Crippen molar-refractivity contribution in [3.8, 4) is 0 Å². The first kappa shape index (κ1) is 14.5. The fraction of sp³-hybridized carbons (Fsp3) is 0.467. The Hall–Kier alpha value is -1.91. The van der Waals surface area contributed by atoms with Crippen LogP contribution in [-0.2, 0) is 4.84 Å². The summed E-state index contributed by atoms with van der Waals surface area (Å²) in [5, 5.41) is 3.26. The molecule has 1 aromatic carbocycles. The molecule has 2 rings (SSSR count). The van der Waals surface area contributed by atoms with E-state index in [9.17, 15) is 9.30 Å². The third kappa shape index (κ3) is 3.35. The van der Waals surface area contributed by atoms with Crippen molar-refractivity contribution in [2.45, 2.75) is 38.1 Å². The Kier molecular flexibility index (Phi) is 4.71. The molecular formula is C15H20FN2O2+. The van der Waals surface area contributed by atoms with E-state index in [2.05, 4.69) is 16.7 Å². The lowest BCUT2D eigenvalue weighted by atomic mass is 9.95. The maximum Gasteiger partial charge on any atom is 0.317 e. The van der Waals surface area contributed by atoms with Gasteiger partial charge in [-0.1, -0.05) is 25.8 Å². The second-order valence-corrected chi connectivity index (χ2v) is 5.06. The van der Waals surface area contributed by atoms with Gasteiger partial charge in [-0.15, -0.1) is 0 Å². The van der Waals surface area contributed by atoms with Crippen molar-refractivity contribution in [2.24, 2.45) is 0 Å². The molecule has 1 saturated carbocycles. The molecule has 0 unspecified atom stereocenters. The molecule has 0 spiro atoms. The normalized spacial score (nSPS) is 15.7. The van der Waals surface area contributed by atoms with Crippen molar-refractivity contribution in [3.63, 3.8) is 0 Å². The number of halogens is 1. The van der Waals surface area contributed by atoms with Crippen LogP contribution < -0.4 is 5.32 Å². The summed E-state index contributed by atoms with van der Waals surface area (Å²) < 4.78 is 13.9. The quantitative estimate of drug-likeness (QED) is 0.836. The van der Waals surface area contributed by atoms with Gasteiger partial charge in [-0.25, -0.2) is 9.23 Å². The molecule has 1 fully saturated rings. The second kappa shape index (κ2) is 6.50. The van der Waals surface area contributed by atoms with Gasteiger partial charge in [0.05, 0.1) is 4.91 Å². The first-order valence-electron chi connectivity index (χ1n) is 6.88. The van der Waals surface area contributed by atoms with Gasteiger partial charge >= 0.3 is 5.69 Å². The number of hydrogen-bond acceptors (Lipinski definition) is 3. The third-order valence-corrected chi connectivity index (χ3v) is 3.64. The van der Waals surface area contributed by atoms with E-state index in [1.54, 1.807) is 0 Å². The zero-order valence-corrected chi connectivity index (χ0v) is 11.7. The van der Waals surface area contributed by atoms with Crippen molar-refractivity contribution >= 4 is 11.4 Å². The molecule has 20 heavy (non-hydrogen) atoms. The molecule has 5 heteroatoms. The summed E-state index contributed by atoms with van der Waals surface area (Å²) in [6.45, 7) is 3.89. The van der Waals surface area contributed by atoms with Crippen LogP contribution in [0.1, 0.15) is 37.7 Å². The van der Waals surface area contributed by atoms with Crippen LogP contribution in [0.15, 0.2) is 24.8 Å². The molecule has 0 amide bonds. The van der Waals surface area contributed by atoms with Crippen LogP contribution >= 0.6 is 0 Å². The van der Waals surface area contributed by atoms with E-state index in [0.717, 1.165) is 12.8 Å². The van der Waals surface area contributed by atoms with Gasteiger partial charge < -0.3 is 5.32 Å². The molecular weight excluding hydrogens is 259 g/mol. The third-order valence-electron chi connectivity index (χ3n) is 3.64. The van der Waals surface area contributed by atoms with Crippen LogP contribution in [0.5, 0.6) is 0 Å². The maximum absolute atomic E-state index is 13.9. The van der Waals surface area contributed by atoms with Crippen molar-refractivity contribution in [3.05, 3.63) is 41.1 Å². The number of nitrogens with zero attached hydrogens (tertiary/aromatic N) is 1. The first-order valence-corrected chi connectivity index (χ1v) is 6.88. The van der Waals surface area contributed by atoms with E-state index in [1.165, 1.54) is 44.6 Å². The predicted molar refractivity (Wildman–Crippen MR) is 75.7 cm³/mol. The van der Waals surface area contributed by atoms with Crippen LogP contribution in [0.4, 0.5) is 10.1 Å². The predicted octanol–water partition coefficient (Wildman–Crippen LogP) is 3.69. The van der Waals surface area contributed by atoms with E-state index < -0.39 is 5.82 Å². The minimum Gasteiger partial charge on any atom is -0.382 e. The Morgan fingerprint density at radius 2 is 2.10 bits per heavy atom. The molecule has 108 valence electrons. The average Bonchev–Trinajstić information content (AvgIpc) is 2.48. The molecule has 0 atom stereocenters. The first-order chi connectivity index (χ1) is 9.61. The topological polar surface area (TPSA) is 41.3 Å². The Morgan fingerprint density at radius 3 is 2.75 bits per heavy atom. The summed E-state index contributed by atoms with van der Waals surface area (Å²) in [4.78, 5) is 16.3. The lowest BCUT2D eigenvalue weighted by Gasteiger charge is -2.25. The maximum atomic E-state index is 13.9. The highest BCUT2D eigenvalue weighted by molar-refractivity contribution is 5.64. The highest BCUT2D eigenvalue weighted by Crippen LogP contribution is 2.24. The van der Waals surface area contributed by atoms with Gasteiger partial charge in [0.25, 0.3) is 4.92 Å². The molecule has 1 aliphatic rings. The number of rotatable bonds is 5. The van der Waals surface area contributed by atoms with Crippen LogP contribution in [0.3, 0.4) is 0 Å². The zero-order chi connectivity index (χ0) is 14.5. The van der Waals surface area contributed by atoms with Crippen LogP contribution in [0.2, 0.25) is 0 Å². The van der Waals surface area contributed by atoms with Crippen LogP contribution in [-0.4, -0.2) is 18.1 Å². The van der Waals surface area contributed by atoms with E-state index in [-0.39, 0.29) is 5.69 Å². The lowest BCUT2D eigenvalue weighted by molar-refractivity contribution is -0.736. The van der Waals surface area contributed by atoms with E-state index in [4.69, 9.17) is 0 Å². The molecule has 0 radical (unpaired) electrons. The van der Waals surface area contributed by atoms with Gasteiger partial charge in [-0.3, -0.25) is 0 Å². The van der Waals surface area contributed by atoms with E-state index >= 15 is 0 Å². The summed E-state index contributed by atoms with van der Waals surface area (Å²) in [5.74, 6) is -0.397. The molecule has 0 saturated heterocycles. The fourth-order valence-electron chi connectivity index (χ4n) is 2.53. The SMILES string of the molecule is C=C(NC1CCCCC1)c1cc([N+](=O)OC)ccc1F. The van der Waals surface area contributed by atoms with Crippen LogP contribution in [0.25, 0.3) is 5.70 Å². The molecule has 1 aromatic rings. The number of nitrogens with one attached hydrogen (secondary N) is 1. The van der Waals surface area contributed by atoms with Crippen molar-refractivity contribution in [1.29, 1.82) is 0 Å². The van der Waals surface area contributed by atoms with Crippen molar-refractivity contribution in [1.82, 2.24) is 5.32 Å². The summed E-state index contributed by atoms with van der Waals surface area (Å²) in [6, 6.07) is 4.42. The van der Waals surface area contributed by atoms with Gasteiger partial charge in [-0.05, 0) is 18.9 Å². The molecule has 1 N–H and O–H groups in total. The molecule has 0 heterocycles. The van der Waals surface area contributed by atoms with Crippen LogP contribution in [0, 0.1) is 10.7 Å². The van der Waals surface area contributed by atoms with Gasteiger partial charge in [0.2, 0.25) is 0 Å². The number of benzene rings is 1. The van der Waals surface area contributed by atoms with Crippen molar-refractivity contribution < 1.29 is 14.2 Å². The molecule has 0 bridgehead atoms. The Bertz CT molecular complexity index is 511. The minimum atomic E-state index is -0.397. The Morgan fingerprint density at radius 1 is 1.40 bits per heavy atom. The van der Waals surface area contributed by atoms with Gasteiger partial charge in [0.1, 0.15) is 5.82 Å². The molecule has 1 aliphatic carbocycles. The Labute approximate surface area is 118 Å². The minimum absolute atomic E-state index is 0.246. The van der Waals surface area contributed by atoms with Crippen molar-refractivity contribution in [2.75, 3.05) is 7.11 Å². The largest absolute Gasteiger partial charge is 0.382 e. The standard InChI is InChI=1S/C15H20FN2O2/c1-11(17-12-6-4-3-5-7-12)14-10-13(18(19)20-2)8-9-15(14)16/h8-10,12,17H,1,3-7H2,2H3/q+1. The smallest absolute Gasteiger partial charge is 0.317 e. The van der Waals surface area contributed by atoms with Gasteiger partial charge in [0, 0.05) is 29.4 Å². The second-order valence-electron chi connectivity index (χ2n) is 5.06. The lowest BCUT2D eigenvalue weighted by Crippen LogP contribution is -2.29. The molecule has 0 aliphatic heterocycles. The fourth-order valence-corrected chi connectivity index (χ4v) is 2.53. The average molecular weight is 279 g/mol. The summed E-state index contributed by atoms with van der Waals surface area (Å²) in [6.07, 6.45) is 5.78. The summed E-state index contributed by atoms with van der Waals surface area (Å²) in [7, 11) is 1.27. The summed E-state index contributed by atoms with van der Waals surface area (Å²) >= 11 is 0. The van der Waals surface area contributed by atoms with Gasteiger partial charge in [0.15, 0.2) is 7.11 Å². The monoisotopic (exact) mass is 279 g/mol. The Balaban J connectivity index is 2.13. The van der Waals surface area contributed by atoms with Gasteiger partial charge in [-0.2, -0.15) is 0 Å². The zero-order valence-electron chi connectivity index (χ0n) is 11.7. The summed E-state index contributed by atoms with van der Waals surface area (Å²) in [5.41, 5.74) is 1.07. The highest BCUT2D eigenvalue weighted by Gasteiger charge is 2.20. The number of hydrogen-bond donors (Lipinski definition) is 1. The molecule has 0 aromatic heterocycles. The van der Waals surface area contributed by atoms with E-state index in [0.29, 0.717) is 22.2 Å².